The molecule has 26 heavy (non-hydrogen) atoms. The molecular weight excluding hydrogens is 326 g/mol. The fraction of sp³-hybridized carbons (Fsp3) is 0.381. The first-order valence-corrected chi connectivity index (χ1v) is 9.42. The Labute approximate surface area is 154 Å². The quantitative estimate of drug-likeness (QED) is 0.854. The summed E-state index contributed by atoms with van der Waals surface area (Å²) in [6, 6.07) is 15.9. The van der Waals surface area contributed by atoms with E-state index in [2.05, 4.69) is 29.2 Å². The molecule has 0 aliphatic carbocycles. The molecule has 0 saturated carbocycles. The van der Waals surface area contributed by atoms with Gasteiger partial charge in [0.1, 0.15) is 5.75 Å². The lowest BCUT2D eigenvalue weighted by molar-refractivity contribution is -0.892. The molecule has 0 atom stereocenters. The highest BCUT2D eigenvalue weighted by molar-refractivity contribution is 5.77. The van der Waals surface area contributed by atoms with Crippen molar-refractivity contribution in [1.29, 1.82) is 0 Å². The summed E-state index contributed by atoms with van der Waals surface area (Å²) in [4.78, 5) is 18.3. The molecule has 136 valence electrons. The summed E-state index contributed by atoms with van der Waals surface area (Å²) in [6.07, 6.45) is 0.957. The number of carbonyl (C=O) groups is 1. The molecule has 1 amide bonds. The molecule has 2 aromatic rings. The number of aromatic hydroxyl groups is 1. The maximum absolute atomic E-state index is 12.7. The van der Waals surface area contributed by atoms with Crippen LogP contribution in [0.1, 0.15) is 11.1 Å². The molecule has 2 heterocycles. The normalized spacial score (nSPS) is 17.8. The third-order valence-corrected chi connectivity index (χ3v) is 5.58. The Morgan fingerprint density at radius 2 is 1.65 bits per heavy atom. The zero-order chi connectivity index (χ0) is 17.9. The second-order valence-corrected chi connectivity index (χ2v) is 7.24. The van der Waals surface area contributed by atoms with E-state index in [9.17, 15) is 9.90 Å². The van der Waals surface area contributed by atoms with Crippen LogP contribution in [0.4, 0.5) is 5.69 Å². The van der Waals surface area contributed by atoms with Gasteiger partial charge in [-0.15, -0.1) is 0 Å². The zero-order valence-electron chi connectivity index (χ0n) is 15.0. The number of hydrogen-bond acceptors (Lipinski definition) is 3. The maximum atomic E-state index is 12.7. The first-order valence-electron chi connectivity index (χ1n) is 9.42. The second-order valence-electron chi connectivity index (χ2n) is 7.24. The van der Waals surface area contributed by atoms with E-state index in [-0.39, 0.29) is 5.91 Å². The molecule has 2 aromatic carbocycles. The molecule has 2 aliphatic rings. The van der Waals surface area contributed by atoms with Crippen molar-refractivity contribution in [2.75, 3.05) is 44.2 Å². The van der Waals surface area contributed by atoms with E-state index in [4.69, 9.17) is 0 Å². The van der Waals surface area contributed by atoms with Crippen molar-refractivity contribution in [3.05, 3.63) is 59.7 Å². The van der Waals surface area contributed by atoms with E-state index < -0.39 is 0 Å². The number of piperazine rings is 1. The highest BCUT2D eigenvalue weighted by Gasteiger charge is 2.27. The third kappa shape index (κ3) is 3.53. The summed E-state index contributed by atoms with van der Waals surface area (Å²) in [5, 5.41) is 10.0. The van der Waals surface area contributed by atoms with E-state index >= 15 is 0 Å². The van der Waals surface area contributed by atoms with Crippen LogP contribution in [0, 0.1) is 0 Å². The van der Waals surface area contributed by atoms with Crippen LogP contribution in [0.15, 0.2) is 48.5 Å². The number of benzene rings is 2. The molecule has 0 unspecified atom stereocenters. The van der Waals surface area contributed by atoms with Crippen molar-refractivity contribution >= 4 is 11.6 Å². The van der Waals surface area contributed by atoms with Crippen molar-refractivity contribution in [3.8, 4) is 5.75 Å². The van der Waals surface area contributed by atoms with Gasteiger partial charge < -0.3 is 19.8 Å². The van der Waals surface area contributed by atoms with Gasteiger partial charge in [-0.25, -0.2) is 0 Å². The van der Waals surface area contributed by atoms with Gasteiger partial charge in [0.25, 0.3) is 5.91 Å². The van der Waals surface area contributed by atoms with E-state index in [1.807, 2.05) is 23.1 Å². The zero-order valence-corrected chi connectivity index (χ0v) is 15.0. The van der Waals surface area contributed by atoms with Crippen LogP contribution in [0.3, 0.4) is 0 Å². The topological polar surface area (TPSA) is 48.2 Å². The predicted molar refractivity (Wildman–Crippen MR) is 101 cm³/mol. The number of phenolic OH excluding ortho intramolecular Hbond substituents is 1. The van der Waals surface area contributed by atoms with Crippen molar-refractivity contribution in [2.45, 2.75) is 13.0 Å². The minimum atomic E-state index is 0.255. The largest absolute Gasteiger partial charge is 0.506 e. The third-order valence-electron chi connectivity index (χ3n) is 5.58. The van der Waals surface area contributed by atoms with Gasteiger partial charge in [-0.2, -0.15) is 0 Å². The average Bonchev–Trinajstić information content (AvgIpc) is 2.69. The summed E-state index contributed by atoms with van der Waals surface area (Å²) in [7, 11) is 0. The van der Waals surface area contributed by atoms with Gasteiger partial charge in [-0.1, -0.05) is 36.4 Å². The van der Waals surface area contributed by atoms with Crippen LogP contribution in [0.2, 0.25) is 0 Å². The minimum absolute atomic E-state index is 0.255. The number of para-hydroxylation sites is 2. The number of nitrogens with one attached hydrogen (secondary N) is 1. The maximum Gasteiger partial charge on any atom is 0.278 e. The monoisotopic (exact) mass is 352 g/mol. The van der Waals surface area contributed by atoms with Gasteiger partial charge in [-0.05, 0) is 29.7 Å². The number of carbonyl (C=O) groups excluding carboxylic acids is 1. The molecule has 2 aliphatic heterocycles. The number of nitrogens with zero attached hydrogens (tertiary/aromatic N) is 2. The van der Waals surface area contributed by atoms with E-state index in [1.54, 1.807) is 6.07 Å². The van der Waals surface area contributed by atoms with Gasteiger partial charge in [0.2, 0.25) is 0 Å². The number of anilines is 1. The first-order chi connectivity index (χ1) is 12.7. The summed E-state index contributed by atoms with van der Waals surface area (Å²) in [5.41, 5.74) is 3.55. The van der Waals surface area contributed by atoms with Gasteiger partial charge in [0.15, 0.2) is 6.54 Å². The molecule has 1 fully saturated rings. The molecular formula is C21H26N3O2+. The molecule has 0 bridgehead atoms. The molecule has 1 saturated heterocycles. The van der Waals surface area contributed by atoms with Gasteiger partial charge in [-0.3, -0.25) is 4.79 Å². The summed E-state index contributed by atoms with van der Waals surface area (Å²) < 4.78 is 0. The molecule has 0 spiro atoms. The lowest BCUT2D eigenvalue weighted by Gasteiger charge is -2.35. The second kappa shape index (κ2) is 7.38. The lowest BCUT2D eigenvalue weighted by atomic mass is 10.00. The molecule has 0 aromatic heterocycles. The number of quaternary nitrogens is 1. The van der Waals surface area contributed by atoms with Gasteiger partial charge in [0, 0.05) is 13.1 Å². The standard InChI is InChI=1S/C21H25N3O2/c25-20-8-4-3-7-19(20)23-13-11-22(12-14-23)16-21(26)24-10-9-17-5-1-2-6-18(17)15-24/h1-8,25H,9-16H2/p+1. The first kappa shape index (κ1) is 16.9. The molecule has 5 nitrogen and oxygen atoms in total. The predicted octanol–water partition coefficient (Wildman–Crippen LogP) is 0.682. The molecule has 2 N–H and O–H groups in total. The SMILES string of the molecule is O=C(C[NH+]1CCN(c2ccccc2O)CC1)N1CCc2ccccc2C1. The Kier molecular flexibility index (Phi) is 4.80. The van der Waals surface area contributed by atoms with Gasteiger partial charge >= 0.3 is 0 Å². The fourth-order valence-electron chi connectivity index (χ4n) is 4.01. The smallest absolute Gasteiger partial charge is 0.278 e. The lowest BCUT2D eigenvalue weighted by Crippen LogP contribution is -3.15. The summed E-state index contributed by atoms with van der Waals surface area (Å²) in [5.74, 6) is 0.588. The molecule has 0 radical (unpaired) electrons. The number of phenols is 1. The van der Waals surface area contributed by atoms with Crippen LogP contribution < -0.4 is 9.80 Å². The van der Waals surface area contributed by atoms with Crippen LogP contribution in [0.25, 0.3) is 0 Å². The van der Waals surface area contributed by atoms with Crippen LogP contribution in [0.5, 0.6) is 5.75 Å². The molecule has 5 heteroatoms. The van der Waals surface area contributed by atoms with E-state index in [0.717, 1.165) is 51.4 Å². The van der Waals surface area contributed by atoms with E-state index in [1.165, 1.54) is 16.0 Å². The Bertz CT molecular complexity index is 784. The highest BCUT2D eigenvalue weighted by Crippen LogP contribution is 2.26. The van der Waals surface area contributed by atoms with Gasteiger partial charge in [0.05, 0.1) is 31.9 Å². The number of hydrogen-bond donors (Lipinski definition) is 2. The summed E-state index contributed by atoms with van der Waals surface area (Å²) in [6.45, 7) is 5.71. The van der Waals surface area contributed by atoms with Crippen molar-refractivity contribution in [3.63, 3.8) is 0 Å². The van der Waals surface area contributed by atoms with Crippen LogP contribution in [-0.4, -0.2) is 55.2 Å². The van der Waals surface area contributed by atoms with E-state index in [0.29, 0.717) is 12.3 Å². The Morgan fingerprint density at radius 1 is 0.962 bits per heavy atom. The van der Waals surface area contributed by atoms with Crippen LogP contribution in [-0.2, 0) is 17.8 Å². The Morgan fingerprint density at radius 3 is 2.42 bits per heavy atom. The number of rotatable bonds is 3. The van der Waals surface area contributed by atoms with Crippen molar-refractivity contribution in [1.82, 2.24) is 4.90 Å². The number of fused-ring (bicyclic) bond motifs is 1. The summed E-state index contributed by atoms with van der Waals surface area (Å²) >= 11 is 0. The Hall–Kier alpha value is -2.53. The van der Waals surface area contributed by atoms with Crippen molar-refractivity contribution in [2.24, 2.45) is 0 Å². The fourth-order valence-corrected chi connectivity index (χ4v) is 4.01. The Balaban J connectivity index is 1.31. The highest BCUT2D eigenvalue weighted by atomic mass is 16.3. The van der Waals surface area contributed by atoms with Crippen molar-refractivity contribution < 1.29 is 14.8 Å². The average molecular weight is 352 g/mol. The minimum Gasteiger partial charge on any atom is -0.506 e. The molecule has 4 rings (SSSR count). The number of amides is 1. The van der Waals surface area contributed by atoms with Crippen LogP contribution >= 0.6 is 0 Å².